The summed E-state index contributed by atoms with van der Waals surface area (Å²) in [7, 11) is -3.47. The van der Waals surface area contributed by atoms with Gasteiger partial charge in [0.1, 0.15) is 5.82 Å². The van der Waals surface area contributed by atoms with Crippen molar-refractivity contribution < 1.29 is 8.42 Å². The first-order valence-electron chi connectivity index (χ1n) is 10.2. The molecule has 1 saturated heterocycles. The summed E-state index contributed by atoms with van der Waals surface area (Å²) >= 11 is 0. The van der Waals surface area contributed by atoms with Crippen LogP contribution in [-0.2, 0) is 22.9 Å². The minimum atomic E-state index is -3.47. The molecule has 1 fully saturated rings. The van der Waals surface area contributed by atoms with Gasteiger partial charge in [-0.1, -0.05) is 18.2 Å². The summed E-state index contributed by atoms with van der Waals surface area (Å²) in [6, 6.07) is 13.5. The molecule has 0 spiro atoms. The number of piperazine rings is 1. The SMILES string of the molecule is O=S(=O)(c1ccc2c(c1)CCCC2)N1CCN(c2cnc3ccccc3n2)CC1. The van der Waals surface area contributed by atoms with Gasteiger partial charge < -0.3 is 4.90 Å². The fourth-order valence-electron chi connectivity index (χ4n) is 4.28. The molecule has 5 rings (SSSR count). The summed E-state index contributed by atoms with van der Waals surface area (Å²) in [5.41, 5.74) is 4.22. The second kappa shape index (κ2) is 7.39. The highest BCUT2D eigenvalue weighted by molar-refractivity contribution is 7.89. The zero-order chi connectivity index (χ0) is 19.8. The van der Waals surface area contributed by atoms with E-state index < -0.39 is 10.0 Å². The molecule has 2 aromatic carbocycles. The van der Waals surface area contributed by atoms with E-state index in [1.54, 1.807) is 16.6 Å². The Labute approximate surface area is 171 Å². The molecule has 7 heteroatoms. The van der Waals surface area contributed by atoms with Crippen molar-refractivity contribution in [1.82, 2.24) is 14.3 Å². The van der Waals surface area contributed by atoms with Gasteiger partial charge in [-0.3, -0.25) is 4.98 Å². The Hall–Kier alpha value is -2.51. The number of fused-ring (bicyclic) bond motifs is 2. The van der Waals surface area contributed by atoms with Gasteiger partial charge in [0.15, 0.2) is 0 Å². The van der Waals surface area contributed by atoms with Crippen molar-refractivity contribution in [2.24, 2.45) is 0 Å². The molecule has 2 heterocycles. The van der Waals surface area contributed by atoms with Crippen molar-refractivity contribution in [1.29, 1.82) is 0 Å². The highest BCUT2D eigenvalue weighted by Crippen LogP contribution is 2.27. The molecular weight excluding hydrogens is 384 g/mol. The van der Waals surface area contributed by atoms with E-state index in [4.69, 9.17) is 0 Å². The van der Waals surface area contributed by atoms with Crippen LogP contribution < -0.4 is 4.90 Å². The van der Waals surface area contributed by atoms with Gasteiger partial charge in [0.05, 0.1) is 22.1 Å². The maximum Gasteiger partial charge on any atom is 0.243 e. The van der Waals surface area contributed by atoms with Gasteiger partial charge in [0.25, 0.3) is 0 Å². The number of para-hydroxylation sites is 2. The van der Waals surface area contributed by atoms with Crippen LogP contribution in [0.4, 0.5) is 5.82 Å². The second-order valence-electron chi connectivity index (χ2n) is 7.75. The van der Waals surface area contributed by atoms with Gasteiger partial charge in [-0.05, 0) is 61.1 Å². The van der Waals surface area contributed by atoms with Gasteiger partial charge in [-0.25, -0.2) is 13.4 Å². The first kappa shape index (κ1) is 18.5. The summed E-state index contributed by atoms with van der Waals surface area (Å²) in [5, 5.41) is 0. The number of hydrogen-bond acceptors (Lipinski definition) is 5. The smallest absolute Gasteiger partial charge is 0.243 e. The summed E-state index contributed by atoms with van der Waals surface area (Å²) in [6.45, 7) is 2.12. The lowest BCUT2D eigenvalue weighted by molar-refractivity contribution is 0.383. The molecule has 0 amide bonds. The molecule has 0 saturated carbocycles. The molecule has 0 N–H and O–H groups in total. The number of benzene rings is 2. The number of hydrogen-bond donors (Lipinski definition) is 0. The van der Waals surface area contributed by atoms with Crippen LogP contribution in [0.5, 0.6) is 0 Å². The van der Waals surface area contributed by atoms with Crippen molar-refractivity contribution >= 4 is 26.9 Å². The van der Waals surface area contributed by atoms with Gasteiger partial charge >= 0.3 is 0 Å². The van der Waals surface area contributed by atoms with Crippen molar-refractivity contribution in [2.45, 2.75) is 30.6 Å². The summed E-state index contributed by atoms with van der Waals surface area (Å²) in [5.74, 6) is 0.800. The zero-order valence-electron chi connectivity index (χ0n) is 16.3. The normalized spacial score (nSPS) is 18.0. The van der Waals surface area contributed by atoms with Crippen molar-refractivity contribution in [3.05, 3.63) is 59.8 Å². The fourth-order valence-corrected chi connectivity index (χ4v) is 5.75. The predicted molar refractivity (Wildman–Crippen MR) is 114 cm³/mol. The van der Waals surface area contributed by atoms with Crippen molar-refractivity contribution in [2.75, 3.05) is 31.1 Å². The van der Waals surface area contributed by atoms with E-state index in [9.17, 15) is 8.42 Å². The van der Waals surface area contributed by atoms with Gasteiger partial charge in [0.2, 0.25) is 10.0 Å². The minimum absolute atomic E-state index is 0.428. The molecular formula is C22H24N4O2S. The Morgan fingerprint density at radius 3 is 2.34 bits per heavy atom. The van der Waals surface area contributed by atoms with E-state index in [0.717, 1.165) is 36.1 Å². The molecule has 29 heavy (non-hydrogen) atoms. The van der Waals surface area contributed by atoms with Gasteiger partial charge in [-0.2, -0.15) is 4.31 Å². The van der Waals surface area contributed by atoms with Crippen LogP contribution in [0.15, 0.2) is 53.6 Å². The number of aryl methyl sites for hydroxylation is 2. The van der Waals surface area contributed by atoms with Crippen molar-refractivity contribution in [3.63, 3.8) is 0 Å². The monoisotopic (exact) mass is 408 g/mol. The summed E-state index contributed by atoms with van der Waals surface area (Å²) in [6.07, 6.45) is 6.14. The predicted octanol–water partition coefficient (Wildman–Crippen LogP) is 3.02. The molecule has 0 atom stereocenters. The summed E-state index contributed by atoms with van der Waals surface area (Å²) < 4.78 is 27.9. The van der Waals surface area contributed by atoms with Gasteiger partial charge in [0, 0.05) is 26.2 Å². The third-order valence-electron chi connectivity index (χ3n) is 5.96. The third-order valence-corrected chi connectivity index (χ3v) is 7.85. The lowest BCUT2D eigenvalue weighted by Crippen LogP contribution is -2.49. The van der Waals surface area contributed by atoms with Crippen LogP contribution in [0.3, 0.4) is 0 Å². The number of rotatable bonds is 3. The van der Waals surface area contributed by atoms with Gasteiger partial charge in [-0.15, -0.1) is 0 Å². The number of nitrogens with zero attached hydrogens (tertiary/aromatic N) is 4. The molecule has 1 aliphatic heterocycles. The summed E-state index contributed by atoms with van der Waals surface area (Å²) in [4.78, 5) is 11.7. The maximum absolute atomic E-state index is 13.2. The van der Waals surface area contributed by atoms with E-state index in [2.05, 4.69) is 14.9 Å². The standard InChI is InChI=1S/C22H24N4O2S/c27-29(28,19-10-9-17-5-1-2-6-18(17)15-19)26-13-11-25(12-14-26)22-16-23-20-7-3-4-8-21(20)24-22/h3-4,7-10,15-16H,1-2,5-6,11-14H2. The molecule has 150 valence electrons. The quantitative estimate of drug-likeness (QED) is 0.667. The number of sulfonamides is 1. The number of anilines is 1. The van der Waals surface area contributed by atoms with E-state index in [1.807, 2.05) is 36.4 Å². The Morgan fingerprint density at radius 2 is 1.55 bits per heavy atom. The van der Waals surface area contributed by atoms with E-state index in [0.29, 0.717) is 31.1 Å². The maximum atomic E-state index is 13.2. The topological polar surface area (TPSA) is 66.4 Å². The lowest BCUT2D eigenvalue weighted by Gasteiger charge is -2.34. The minimum Gasteiger partial charge on any atom is -0.353 e. The molecule has 1 aliphatic carbocycles. The molecule has 3 aromatic rings. The molecule has 0 unspecified atom stereocenters. The third kappa shape index (κ3) is 3.49. The highest BCUT2D eigenvalue weighted by Gasteiger charge is 2.29. The Morgan fingerprint density at radius 1 is 0.828 bits per heavy atom. The Kier molecular flexibility index (Phi) is 4.72. The molecule has 0 radical (unpaired) electrons. The average Bonchev–Trinajstić information content (AvgIpc) is 2.78. The number of aromatic nitrogens is 2. The Balaban J connectivity index is 1.32. The largest absolute Gasteiger partial charge is 0.353 e. The van der Waals surface area contributed by atoms with E-state index >= 15 is 0 Å². The zero-order valence-corrected chi connectivity index (χ0v) is 17.1. The lowest BCUT2D eigenvalue weighted by atomic mass is 9.92. The average molecular weight is 409 g/mol. The van der Waals surface area contributed by atoms with E-state index in [1.165, 1.54) is 17.5 Å². The van der Waals surface area contributed by atoms with Crippen LogP contribution >= 0.6 is 0 Å². The van der Waals surface area contributed by atoms with E-state index in [-0.39, 0.29) is 0 Å². The first-order chi connectivity index (χ1) is 14.1. The van der Waals surface area contributed by atoms with Crippen LogP contribution in [-0.4, -0.2) is 48.9 Å². The van der Waals surface area contributed by atoms with Crippen LogP contribution in [0.1, 0.15) is 24.0 Å². The van der Waals surface area contributed by atoms with Crippen LogP contribution in [0, 0.1) is 0 Å². The Bertz CT molecular complexity index is 1150. The fraction of sp³-hybridized carbons (Fsp3) is 0.364. The van der Waals surface area contributed by atoms with Crippen LogP contribution in [0.2, 0.25) is 0 Å². The van der Waals surface area contributed by atoms with Crippen LogP contribution in [0.25, 0.3) is 11.0 Å². The highest BCUT2D eigenvalue weighted by atomic mass is 32.2. The molecule has 0 bridgehead atoms. The first-order valence-corrected chi connectivity index (χ1v) is 11.6. The van der Waals surface area contributed by atoms with Crippen molar-refractivity contribution in [3.8, 4) is 0 Å². The molecule has 2 aliphatic rings. The molecule has 1 aromatic heterocycles. The second-order valence-corrected chi connectivity index (χ2v) is 9.68. The molecule has 6 nitrogen and oxygen atoms in total.